The molecule has 2 fully saturated rings. The molecule has 6 nitrogen and oxygen atoms in total. The predicted molar refractivity (Wildman–Crippen MR) is 96.7 cm³/mol. The number of methoxy groups -OCH3 is 1. The van der Waals surface area contributed by atoms with Crippen LogP contribution in [0.3, 0.4) is 0 Å². The summed E-state index contributed by atoms with van der Waals surface area (Å²) in [5.41, 5.74) is 1.39. The molecule has 0 spiro atoms. The van der Waals surface area contributed by atoms with E-state index < -0.39 is 0 Å². The molecule has 1 aliphatic heterocycles. The highest BCUT2D eigenvalue weighted by Crippen LogP contribution is 2.38. The maximum atomic E-state index is 12.9. The molecule has 1 aliphatic carbocycles. The smallest absolute Gasteiger partial charge is 0.254 e. The molecule has 1 N–H and O–H groups in total. The highest BCUT2D eigenvalue weighted by molar-refractivity contribution is 5.97. The summed E-state index contributed by atoms with van der Waals surface area (Å²) in [6, 6.07) is 7.51. The molecule has 2 heterocycles. The Kier molecular flexibility index (Phi) is 4.44. The van der Waals surface area contributed by atoms with Crippen LogP contribution in [0.25, 0.3) is 11.0 Å². The number of rotatable bonds is 3. The fourth-order valence-electron chi connectivity index (χ4n) is 4.52. The van der Waals surface area contributed by atoms with Gasteiger partial charge in [0.05, 0.1) is 18.4 Å². The summed E-state index contributed by atoms with van der Waals surface area (Å²) in [5, 5.41) is 4.01. The summed E-state index contributed by atoms with van der Waals surface area (Å²) in [6.45, 7) is 3.01. The molecule has 1 aromatic heterocycles. The quantitative estimate of drug-likeness (QED) is 0.917. The number of fused-ring (bicyclic) bond motifs is 2. The summed E-state index contributed by atoms with van der Waals surface area (Å²) in [5.74, 6) is 0.826. The van der Waals surface area contributed by atoms with Gasteiger partial charge in [-0.25, -0.2) is 0 Å². The summed E-state index contributed by atoms with van der Waals surface area (Å²) >= 11 is 0. The molecular weight excluding hydrogens is 332 g/mol. The normalized spacial score (nSPS) is 28.2. The summed E-state index contributed by atoms with van der Waals surface area (Å²) in [7, 11) is 1.69. The van der Waals surface area contributed by atoms with E-state index in [-0.39, 0.29) is 24.0 Å². The van der Waals surface area contributed by atoms with Gasteiger partial charge in [-0.1, -0.05) is 6.07 Å². The number of nitrogens with one attached hydrogen (secondary N) is 1. The Labute approximate surface area is 152 Å². The minimum absolute atomic E-state index is 0.00895. The van der Waals surface area contributed by atoms with Gasteiger partial charge in [-0.05, 0) is 42.9 Å². The number of amides is 2. The monoisotopic (exact) mass is 356 g/mol. The first-order valence-electron chi connectivity index (χ1n) is 9.11. The van der Waals surface area contributed by atoms with Crippen LogP contribution in [0.5, 0.6) is 0 Å². The minimum atomic E-state index is -0.0341. The molecule has 4 rings (SSSR count). The molecule has 26 heavy (non-hydrogen) atoms. The topological polar surface area (TPSA) is 71.8 Å². The average molecular weight is 356 g/mol. The third kappa shape index (κ3) is 3.09. The van der Waals surface area contributed by atoms with Crippen LogP contribution in [0.4, 0.5) is 0 Å². The largest absolute Gasteiger partial charge is 0.464 e. The van der Waals surface area contributed by atoms with Crippen LogP contribution in [0, 0.1) is 11.8 Å². The van der Waals surface area contributed by atoms with Crippen molar-refractivity contribution in [3.05, 3.63) is 36.1 Å². The maximum absolute atomic E-state index is 12.9. The molecule has 4 atom stereocenters. The maximum Gasteiger partial charge on any atom is 0.254 e. The molecule has 2 aromatic rings. The molecule has 0 bridgehead atoms. The van der Waals surface area contributed by atoms with Crippen molar-refractivity contribution in [2.45, 2.75) is 31.9 Å². The van der Waals surface area contributed by atoms with Crippen LogP contribution in [0.1, 0.15) is 30.1 Å². The molecule has 1 aromatic carbocycles. The van der Waals surface area contributed by atoms with Crippen molar-refractivity contribution in [2.24, 2.45) is 11.8 Å². The highest BCUT2D eigenvalue weighted by atomic mass is 16.5. The van der Waals surface area contributed by atoms with Crippen LogP contribution >= 0.6 is 0 Å². The van der Waals surface area contributed by atoms with Crippen LogP contribution in [0.2, 0.25) is 0 Å². The molecule has 2 aliphatic rings. The summed E-state index contributed by atoms with van der Waals surface area (Å²) in [6.07, 6.45) is 3.36. The zero-order valence-electron chi connectivity index (χ0n) is 15.1. The molecule has 138 valence electrons. The molecule has 2 amide bonds. The number of benzene rings is 1. The van der Waals surface area contributed by atoms with Crippen molar-refractivity contribution in [3.63, 3.8) is 0 Å². The Morgan fingerprint density at radius 2 is 1.96 bits per heavy atom. The van der Waals surface area contributed by atoms with E-state index in [2.05, 4.69) is 5.32 Å². The lowest BCUT2D eigenvalue weighted by molar-refractivity contribution is -0.121. The van der Waals surface area contributed by atoms with Gasteiger partial charge in [0.2, 0.25) is 5.91 Å². The van der Waals surface area contributed by atoms with E-state index in [0.717, 1.165) is 36.9 Å². The lowest BCUT2D eigenvalue weighted by Gasteiger charge is -2.37. The lowest BCUT2D eigenvalue weighted by Crippen LogP contribution is -2.49. The number of carbonyl (C=O) groups is 2. The zero-order valence-corrected chi connectivity index (χ0v) is 15.1. The Hall–Kier alpha value is -2.34. The number of hydrogen-bond donors (Lipinski definition) is 1. The van der Waals surface area contributed by atoms with Gasteiger partial charge in [-0.2, -0.15) is 0 Å². The molecule has 1 saturated heterocycles. The average Bonchev–Trinajstić information content (AvgIpc) is 3.25. The van der Waals surface area contributed by atoms with Crippen LogP contribution < -0.4 is 5.32 Å². The fraction of sp³-hybridized carbons (Fsp3) is 0.500. The van der Waals surface area contributed by atoms with E-state index in [0.29, 0.717) is 17.4 Å². The first kappa shape index (κ1) is 17.1. The van der Waals surface area contributed by atoms with Gasteiger partial charge in [0.25, 0.3) is 5.91 Å². The number of furan rings is 1. The van der Waals surface area contributed by atoms with Crippen LogP contribution in [-0.2, 0) is 9.53 Å². The first-order valence-corrected chi connectivity index (χ1v) is 9.11. The molecule has 1 saturated carbocycles. The van der Waals surface area contributed by atoms with Crippen molar-refractivity contribution >= 4 is 22.8 Å². The third-order valence-electron chi connectivity index (χ3n) is 5.80. The van der Waals surface area contributed by atoms with Gasteiger partial charge in [0.15, 0.2) is 0 Å². The fourth-order valence-corrected chi connectivity index (χ4v) is 4.52. The predicted octanol–water partition coefficient (Wildman–Crippen LogP) is 2.43. The van der Waals surface area contributed by atoms with Crippen LogP contribution in [-0.4, -0.2) is 49.1 Å². The third-order valence-corrected chi connectivity index (χ3v) is 5.80. The zero-order chi connectivity index (χ0) is 18.3. The summed E-state index contributed by atoms with van der Waals surface area (Å²) < 4.78 is 11.0. The van der Waals surface area contributed by atoms with Gasteiger partial charge in [0, 0.05) is 38.1 Å². The second-order valence-corrected chi connectivity index (χ2v) is 7.46. The second kappa shape index (κ2) is 6.76. The molecular formula is C20H24N2O4. The Balaban J connectivity index is 1.48. The Bertz CT molecular complexity index is 830. The van der Waals surface area contributed by atoms with E-state index in [1.54, 1.807) is 13.4 Å². The van der Waals surface area contributed by atoms with Crippen molar-refractivity contribution in [1.82, 2.24) is 10.2 Å². The van der Waals surface area contributed by atoms with E-state index in [1.165, 1.54) is 6.92 Å². The van der Waals surface area contributed by atoms with Gasteiger partial charge in [-0.15, -0.1) is 0 Å². The molecule has 0 radical (unpaired) electrons. The van der Waals surface area contributed by atoms with E-state index in [9.17, 15) is 9.59 Å². The number of nitrogens with zero attached hydrogens (tertiary/aromatic N) is 1. The molecule has 0 unspecified atom stereocenters. The number of hydrogen-bond acceptors (Lipinski definition) is 4. The molecule has 6 heteroatoms. The van der Waals surface area contributed by atoms with Crippen LogP contribution in [0.15, 0.2) is 34.9 Å². The van der Waals surface area contributed by atoms with Crippen molar-refractivity contribution in [2.75, 3.05) is 20.2 Å². The van der Waals surface area contributed by atoms with Crippen molar-refractivity contribution in [3.8, 4) is 0 Å². The first-order chi connectivity index (χ1) is 12.5. The number of likely N-dealkylation sites (tertiary alicyclic amines) is 1. The van der Waals surface area contributed by atoms with E-state index >= 15 is 0 Å². The van der Waals surface area contributed by atoms with Crippen molar-refractivity contribution < 1.29 is 18.7 Å². The second-order valence-electron chi connectivity index (χ2n) is 7.46. The van der Waals surface area contributed by atoms with Gasteiger partial charge >= 0.3 is 0 Å². The number of carbonyl (C=O) groups excluding carboxylic acids is 2. The van der Waals surface area contributed by atoms with E-state index in [4.69, 9.17) is 9.15 Å². The SMILES string of the molecule is CO[C@@H]1C[C@H]2CN(C(=O)c3ccc4ccoc4c3)C[C@H]2C[C@H]1NC(C)=O. The Morgan fingerprint density at radius 3 is 2.69 bits per heavy atom. The minimum Gasteiger partial charge on any atom is -0.464 e. The highest BCUT2D eigenvalue weighted by Gasteiger charge is 2.44. The van der Waals surface area contributed by atoms with Gasteiger partial charge in [0.1, 0.15) is 5.58 Å². The van der Waals surface area contributed by atoms with E-state index in [1.807, 2.05) is 29.2 Å². The number of ether oxygens (including phenoxy) is 1. The van der Waals surface area contributed by atoms with Crippen molar-refractivity contribution in [1.29, 1.82) is 0 Å². The lowest BCUT2D eigenvalue weighted by atomic mass is 9.77. The van der Waals surface area contributed by atoms with Gasteiger partial charge in [-0.3, -0.25) is 9.59 Å². The van der Waals surface area contributed by atoms with Gasteiger partial charge < -0.3 is 19.4 Å². The summed E-state index contributed by atoms with van der Waals surface area (Å²) in [4.78, 5) is 26.4. The Morgan fingerprint density at radius 1 is 1.19 bits per heavy atom. The standard InChI is InChI=1S/C20H24N2O4/c1-12(23)21-17-7-15-10-22(11-16(15)9-19(17)25-2)20(24)14-4-3-13-5-6-26-18(13)8-14/h3-6,8,15-17,19H,7,9-11H2,1-2H3,(H,21,23)/t15-,16+,17-,19-/m1/s1.